The van der Waals surface area contributed by atoms with E-state index in [1.54, 1.807) is 12.3 Å². The van der Waals surface area contributed by atoms with E-state index in [1.165, 1.54) is 12.1 Å². The first-order chi connectivity index (χ1) is 9.20. The molecular weight excluding hydrogens is 243 g/mol. The zero-order chi connectivity index (χ0) is 13.4. The summed E-state index contributed by atoms with van der Waals surface area (Å²) in [6.07, 6.45) is 1.73. The third-order valence-electron chi connectivity index (χ3n) is 3.07. The van der Waals surface area contributed by atoms with Crippen LogP contribution in [0.4, 0.5) is 10.1 Å². The number of rotatable bonds is 2. The van der Waals surface area contributed by atoms with Gasteiger partial charge in [0.2, 0.25) is 0 Å². The SMILES string of the molecule is CCn1c(-c2ccc(F)cc2N)nc2cccnc21. The molecule has 3 aromatic rings. The maximum Gasteiger partial charge on any atom is 0.160 e. The highest BCUT2D eigenvalue weighted by Gasteiger charge is 2.14. The second-order valence-corrected chi connectivity index (χ2v) is 4.26. The molecule has 0 saturated heterocycles. The van der Waals surface area contributed by atoms with E-state index in [2.05, 4.69) is 9.97 Å². The normalized spacial score (nSPS) is 11.1. The summed E-state index contributed by atoms with van der Waals surface area (Å²) in [5.41, 5.74) is 8.61. The van der Waals surface area contributed by atoms with Crippen LogP contribution in [0, 0.1) is 5.82 Å². The van der Waals surface area contributed by atoms with Crippen LogP contribution >= 0.6 is 0 Å². The van der Waals surface area contributed by atoms with Gasteiger partial charge < -0.3 is 10.3 Å². The average Bonchev–Trinajstić information content (AvgIpc) is 2.76. The van der Waals surface area contributed by atoms with Gasteiger partial charge in [0.1, 0.15) is 17.2 Å². The lowest BCUT2D eigenvalue weighted by molar-refractivity contribution is 0.628. The first kappa shape index (κ1) is 11.6. The van der Waals surface area contributed by atoms with Crippen LogP contribution in [0.2, 0.25) is 0 Å². The Morgan fingerprint density at radius 2 is 2.16 bits per heavy atom. The number of benzene rings is 1. The number of nitrogen functional groups attached to an aromatic ring is 1. The third-order valence-corrected chi connectivity index (χ3v) is 3.07. The Hall–Kier alpha value is -2.43. The molecule has 19 heavy (non-hydrogen) atoms. The van der Waals surface area contributed by atoms with Crippen LogP contribution in [-0.2, 0) is 6.54 Å². The number of nitrogens with zero attached hydrogens (tertiary/aromatic N) is 3. The van der Waals surface area contributed by atoms with Crippen molar-refractivity contribution < 1.29 is 4.39 Å². The molecule has 1 aromatic carbocycles. The number of nitrogens with two attached hydrogens (primary N) is 1. The van der Waals surface area contributed by atoms with E-state index >= 15 is 0 Å². The van der Waals surface area contributed by atoms with Gasteiger partial charge in [-0.05, 0) is 37.3 Å². The number of hydrogen-bond acceptors (Lipinski definition) is 3. The molecule has 0 atom stereocenters. The molecule has 0 amide bonds. The predicted molar refractivity (Wildman–Crippen MR) is 73.0 cm³/mol. The zero-order valence-electron chi connectivity index (χ0n) is 10.5. The van der Waals surface area contributed by atoms with E-state index in [0.717, 1.165) is 23.3 Å². The fraction of sp³-hybridized carbons (Fsp3) is 0.143. The monoisotopic (exact) mass is 256 g/mol. The van der Waals surface area contributed by atoms with Crippen molar-refractivity contribution in [1.29, 1.82) is 0 Å². The molecule has 3 rings (SSSR count). The quantitative estimate of drug-likeness (QED) is 0.717. The maximum atomic E-state index is 13.1. The molecule has 5 heteroatoms. The van der Waals surface area contributed by atoms with Crippen molar-refractivity contribution in [1.82, 2.24) is 14.5 Å². The van der Waals surface area contributed by atoms with E-state index in [9.17, 15) is 4.39 Å². The number of fused-ring (bicyclic) bond motifs is 1. The molecule has 96 valence electrons. The fourth-order valence-corrected chi connectivity index (χ4v) is 2.20. The van der Waals surface area contributed by atoms with Crippen LogP contribution in [0.15, 0.2) is 36.5 Å². The van der Waals surface area contributed by atoms with Crippen molar-refractivity contribution in [3.05, 3.63) is 42.3 Å². The number of aromatic nitrogens is 3. The van der Waals surface area contributed by atoms with Crippen molar-refractivity contribution in [2.75, 3.05) is 5.73 Å². The van der Waals surface area contributed by atoms with Crippen LogP contribution in [0.5, 0.6) is 0 Å². The second-order valence-electron chi connectivity index (χ2n) is 4.26. The van der Waals surface area contributed by atoms with Crippen LogP contribution in [0.3, 0.4) is 0 Å². The highest BCUT2D eigenvalue weighted by Crippen LogP contribution is 2.28. The summed E-state index contributed by atoms with van der Waals surface area (Å²) < 4.78 is 15.1. The molecule has 0 aliphatic carbocycles. The van der Waals surface area contributed by atoms with Crippen molar-refractivity contribution in [3.8, 4) is 11.4 Å². The van der Waals surface area contributed by atoms with E-state index in [1.807, 2.05) is 23.6 Å². The summed E-state index contributed by atoms with van der Waals surface area (Å²) in [4.78, 5) is 8.87. The minimum absolute atomic E-state index is 0.349. The molecule has 4 nitrogen and oxygen atoms in total. The van der Waals surface area contributed by atoms with Gasteiger partial charge >= 0.3 is 0 Å². The topological polar surface area (TPSA) is 56.7 Å². The van der Waals surface area contributed by atoms with Crippen molar-refractivity contribution >= 4 is 16.9 Å². The number of aryl methyl sites for hydroxylation is 1. The standard InChI is InChI=1S/C14H13FN4/c1-2-19-13(10-6-5-9(15)8-11(10)16)18-12-4-3-7-17-14(12)19/h3-8H,2,16H2,1H3. The molecule has 2 heterocycles. The lowest BCUT2D eigenvalue weighted by Gasteiger charge is -2.07. The highest BCUT2D eigenvalue weighted by molar-refractivity contribution is 5.81. The van der Waals surface area contributed by atoms with E-state index in [4.69, 9.17) is 5.73 Å². The van der Waals surface area contributed by atoms with Crippen LogP contribution in [0.25, 0.3) is 22.6 Å². The Balaban J connectivity index is 2.30. The molecule has 0 aliphatic heterocycles. The second kappa shape index (κ2) is 4.35. The number of anilines is 1. The lowest BCUT2D eigenvalue weighted by atomic mass is 10.1. The average molecular weight is 256 g/mol. The number of hydrogen-bond donors (Lipinski definition) is 1. The number of halogens is 1. The Bertz CT molecular complexity index is 748. The summed E-state index contributed by atoms with van der Waals surface area (Å²) >= 11 is 0. The summed E-state index contributed by atoms with van der Waals surface area (Å²) in [6, 6.07) is 8.09. The molecule has 0 aliphatic rings. The molecule has 0 fully saturated rings. The third kappa shape index (κ3) is 1.83. The first-order valence-electron chi connectivity index (χ1n) is 6.07. The Morgan fingerprint density at radius 3 is 2.89 bits per heavy atom. The van der Waals surface area contributed by atoms with Gasteiger partial charge in [-0.25, -0.2) is 14.4 Å². The number of imidazole rings is 1. The van der Waals surface area contributed by atoms with Gasteiger partial charge in [-0.3, -0.25) is 0 Å². The molecule has 2 N–H and O–H groups in total. The molecule has 0 unspecified atom stereocenters. The summed E-state index contributed by atoms with van der Waals surface area (Å²) in [5.74, 6) is 0.368. The predicted octanol–water partition coefficient (Wildman–Crippen LogP) is 2.84. The maximum absolute atomic E-state index is 13.1. The Labute approximate surface area is 109 Å². The molecule has 0 saturated carbocycles. The molecular formula is C14H13FN4. The van der Waals surface area contributed by atoms with E-state index < -0.39 is 0 Å². The van der Waals surface area contributed by atoms with Crippen LogP contribution < -0.4 is 5.73 Å². The minimum atomic E-state index is -0.349. The van der Waals surface area contributed by atoms with Gasteiger partial charge in [-0.1, -0.05) is 0 Å². The highest BCUT2D eigenvalue weighted by atomic mass is 19.1. The number of pyridine rings is 1. The summed E-state index contributed by atoms with van der Waals surface area (Å²) in [7, 11) is 0. The van der Waals surface area contributed by atoms with Gasteiger partial charge in [0.05, 0.1) is 0 Å². The van der Waals surface area contributed by atoms with Crippen molar-refractivity contribution in [3.63, 3.8) is 0 Å². The molecule has 0 radical (unpaired) electrons. The Kier molecular flexibility index (Phi) is 2.67. The smallest absolute Gasteiger partial charge is 0.160 e. The van der Waals surface area contributed by atoms with Gasteiger partial charge in [-0.2, -0.15) is 0 Å². The largest absolute Gasteiger partial charge is 0.398 e. The Morgan fingerprint density at radius 1 is 1.32 bits per heavy atom. The summed E-state index contributed by atoms with van der Waals surface area (Å²) in [6.45, 7) is 2.73. The van der Waals surface area contributed by atoms with Crippen LogP contribution in [-0.4, -0.2) is 14.5 Å². The van der Waals surface area contributed by atoms with Gasteiger partial charge in [0, 0.05) is 24.0 Å². The fourth-order valence-electron chi connectivity index (χ4n) is 2.20. The van der Waals surface area contributed by atoms with Gasteiger partial charge in [0.25, 0.3) is 0 Å². The van der Waals surface area contributed by atoms with Crippen LogP contribution in [0.1, 0.15) is 6.92 Å². The van der Waals surface area contributed by atoms with Gasteiger partial charge in [-0.15, -0.1) is 0 Å². The van der Waals surface area contributed by atoms with Crippen molar-refractivity contribution in [2.45, 2.75) is 13.5 Å². The lowest BCUT2D eigenvalue weighted by Crippen LogP contribution is -2.01. The minimum Gasteiger partial charge on any atom is -0.398 e. The zero-order valence-corrected chi connectivity index (χ0v) is 10.5. The molecule has 0 bridgehead atoms. The molecule has 0 spiro atoms. The first-order valence-corrected chi connectivity index (χ1v) is 6.07. The van der Waals surface area contributed by atoms with E-state index in [0.29, 0.717) is 11.5 Å². The van der Waals surface area contributed by atoms with E-state index in [-0.39, 0.29) is 5.82 Å². The van der Waals surface area contributed by atoms with Crippen molar-refractivity contribution in [2.24, 2.45) is 0 Å². The van der Waals surface area contributed by atoms with Gasteiger partial charge in [0.15, 0.2) is 5.65 Å². The summed E-state index contributed by atoms with van der Waals surface area (Å²) in [5, 5.41) is 0. The molecule has 2 aromatic heterocycles.